The lowest BCUT2D eigenvalue weighted by atomic mass is 9.80. The first-order valence-electron chi connectivity index (χ1n) is 29.6. The van der Waals surface area contributed by atoms with E-state index in [9.17, 15) is 34.2 Å². The SMILES string of the molecule is COCCOCCOCCOCCNC(=O)O[C@@H]1CC[C@@H](C[C@@H](N)[C@@H]2C[C@@H](OC)[C@H](C)/C=C(\C)[C@@H](O)[C@@H](OC)C(=O)[C@H](C)C[C@H](C)/C=C/C=C/C=C(\C)[C@@H](OC)C[C@@H]3CC[C@@H](C)[C@@](O)(O3)C(=O)C(=O)N3CCCC[C@H]3C(=O)O2)C[C@H]1OC. The number of fused-ring (bicyclic) bond motifs is 3. The molecule has 2 bridgehead atoms. The maximum atomic E-state index is 14.7. The molecule has 468 valence electrons. The minimum absolute atomic E-state index is 0.0137. The minimum atomic E-state index is -2.46. The number of carbonyl (C=O) groups is 5. The summed E-state index contributed by atoms with van der Waals surface area (Å²) in [6.45, 7) is 14.3. The van der Waals surface area contributed by atoms with Crippen LogP contribution in [0, 0.1) is 29.6 Å². The van der Waals surface area contributed by atoms with Crippen molar-refractivity contribution in [2.75, 3.05) is 94.9 Å². The van der Waals surface area contributed by atoms with Crippen molar-refractivity contribution in [1.82, 2.24) is 10.2 Å². The number of nitrogens with zero attached hydrogens (tertiary/aromatic N) is 1. The highest BCUT2D eigenvalue weighted by Crippen LogP contribution is 2.38. The summed E-state index contributed by atoms with van der Waals surface area (Å²) in [7, 11) is 7.68. The first kappa shape index (κ1) is 70.5. The van der Waals surface area contributed by atoms with E-state index >= 15 is 0 Å². The molecule has 2 amide bonds. The van der Waals surface area contributed by atoms with Gasteiger partial charge in [-0.2, -0.15) is 0 Å². The molecule has 3 heterocycles. The lowest BCUT2D eigenvalue weighted by molar-refractivity contribution is -0.265. The van der Waals surface area contributed by atoms with Crippen LogP contribution in [-0.2, 0) is 71.3 Å². The first-order chi connectivity index (χ1) is 39.2. The Morgan fingerprint density at radius 2 is 1.45 bits per heavy atom. The van der Waals surface area contributed by atoms with Gasteiger partial charge >= 0.3 is 12.1 Å². The molecule has 1 saturated carbocycles. The molecule has 21 heteroatoms. The average Bonchev–Trinajstić information content (AvgIpc) is 3.47. The summed E-state index contributed by atoms with van der Waals surface area (Å²) in [6, 6.07) is -1.95. The van der Waals surface area contributed by atoms with Crippen molar-refractivity contribution in [2.24, 2.45) is 35.3 Å². The fourth-order valence-corrected chi connectivity index (χ4v) is 11.5. The maximum Gasteiger partial charge on any atom is 0.407 e. The molecule has 0 unspecified atom stereocenters. The second-order valence-electron chi connectivity index (χ2n) is 22.8. The van der Waals surface area contributed by atoms with E-state index in [1.54, 1.807) is 35.2 Å². The van der Waals surface area contributed by atoms with Gasteiger partial charge in [-0.25, -0.2) is 9.59 Å². The van der Waals surface area contributed by atoms with E-state index in [4.69, 9.17) is 57.8 Å². The number of esters is 1. The Balaban J connectivity index is 1.57. The number of carbonyl (C=O) groups excluding carboxylic acids is 5. The second-order valence-corrected chi connectivity index (χ2v) is 22.8. The molecule has 2 saturated heterocycles. The molecule has 1 aliphatic carbocycles. The number of nitrogens with one attached hydrogen (secondary N) is 1. The summed E-state index contributed by atoms with van der Waals surface area (Å²) in [6.07, 6.45) is 9.73. The van der Waals surface area contributed by atoms with E-state index < -0.39 is 108 Å². The molecular formula is C61H101N3O18. The van der Waals surface area contributed by atoms with E-state index in [0.29, 0.717) is 109 Å². The third kappa shape index (κ3) is 21.8. The summed E-state index contributed by atoms with van der Waals surface area (Å²) in [4.78, 5) is 71.6. The van der Waals surface area contributed by atoms with Crippen LogP contribution in [0.4, 0.5) is 4.79 Å². The number of ether oxygens (including phenoxy) is 11. The number of allylic oxidation sites excluding steroid dienone is 5. The predicted molar refractivity (Wildman–Crippen MR) is 306 cm³/mol. The highest BCUT2D eigenvalue weighted by molar-refractivity contribution is 6.39. The summed E-state index contributed by atoms with van der Waals surface area (Å²) >= 11 is 0. The van der Waals surface area contributed by atoms with Crippen LogP contribution in [0.3, 0.4) is 0 Å². The van der Waals surface area contributed by atoms with Gasteiger partial charge in [0.25, 0.3) is 11.7 Å². The minimum Gasteiger partial charge on any atom is -0.459 e. The molecule has 3 fully saturated rings. The predicted octanol–water partition coefficient (Wildman–Crippen LogP) is 5.75. The number of hydrogen-bond acceptors (Lipinski definition) is 19. The van der Waals surface area contributed by atoms with Crippen molar-refractivity contribution in [3.8, 4) is 0 Å². The monoisotopic (exact) mass is 1160 g/mol. The molecule has 4 rings (SSSR count). The van der Waals surface area contributed by atoms with Gasteiger partial charge in [0, 0.05) is 85.3 Å². The lowest BCUT2D eigenvalue weighted by Crippen LogP contribution is -2.61. The number of aliphatic hydroxyl groups excluding tert-OH is 1. The number of rotatable bonds is 20. The highest BCUT2D eigenvalue weighted by atomic mass is 16.6. The Labute approximate surface area is 487 Å². The summed E-state index contributed by atoms with van der Waals surface area (Å²) < 4.78 is 63.3. The van der Waals surface area contributed by atoms with Gasteiger partial charge in [-0.05, 0) is 101 Å². The van der Waals surface area contributed by atoms with Crippen LogP contribution < -0.4 is 11.1 Å². The molecule has 0 radical (unpaired) electrons. The molecule has 0 spiro atoms. The normalized spacial score (nSPS) is 35.3. The van der Waals surface area contributed by atoms with Gasteiger partial charge in [-0.1, -0.05) is 64.2 Å². The fourth-order valence-electron chi connectivity index (χ4n) is 11.5. The van der Waals surface area contributed by atoms with Crippen LogP contribution in [0.1, 0.15) is 119 Å². The molecule has 5 N–H and O–H groups in total. The molecule has 4 aliphatic rings. The number of alkyl carbamates (subject to hydrolysis) is 1. The number of amides is 2. The summed E-state index contributed by atoms with van der Waals surface area (Å²) in [5, 5.41) is 26.5. The average molecular weight is 1160 g/mol. The van der Waals surface area contributed by atoms with E-state index in [1.807, 2.05) is 64.2 Å². The van der Waals surface area contributed by atoms with Crippen LogP contribution in [0.5, 0.6) is 0 Å². The number of ketones is 2. The second kappa shape index (κ2) is 36.8. The Hall–Kier alpha value is -3.97. The Morgan fingerprint density at radius 1 is 0.768 bits per heavy atom. The first-order valence-corrected chi connectivity index (χ1v) is 29.6. The van der Waals surface area contributed by atoms with Crippen molar-refractivity contribution >= 4 is 29.5 Å². The number of aliphatic hydroxyl groups is 2. The summed E-state index contributed by atoms with van der Waals surface area (Å²) in [5.74, 6) is -7.26. The molecule has 0 aromatic rings. The van der Waals surface area contributed by atoms with Gasteiger partial charge in [0.2, 0.25) is 5.79 Å². The quantitative estimate of drug-likeness (QED) is 0.0489. The van der Waals surface area contributed by atoms with Crippen molar-refractivity contribution < 1.29 is 86.3 Å². The van der Waals surface area contributed by atoms with Crippen molar-refractivity contribution in [3.63, 3.8) is 0 Å². The van der Waals surface area contributed by atoms with Crippen molar-refractivity contribution in [1.29, 1.82) is 0 Å². The van der Waals surface area contributed by atoms with Gasteiger partial charge in [-0.15, -0.1) is 0 Å². The Kier molecular flexibility index (Phi) is 31.6. The van der Waals surface area contributed by atoms with Crippen molar-refractivity contribution in [2.45, 2.75) is 185 Å². The van der Waals surface area contributed by atoms with Gasteiger partial charge in [0.05, 0.1) is 70.7 Å². The smallest absolute Gasteiger partial charge is 0.407 e. The lowest BCUT2D eigenvalue weighted by Gasteiger charge is -2.43. The van der Waals surface area contributed by atoms with Crippen molar-refractivity contribution in [3.05, 3.63) is 47.6 Å². The van der Waals surface area contributed by atoms with Gasteiger partial charge in [0.1, 0.15) is 30.5 Å². The third-order valence-corrected chi connectivity index (χ3v) is 16.6. The largest absolute Gasteiger partial charge is 0.459 e. The molecule has 21 nitrogen and oxygen atoms in total. The number of methoxy groups -OCH3 is 5. The van der Waals surface area contributed by atoms with Gasteiger partial charge < -0.3 is 78.3 Å². The topological polar surface area (TPSA) is 269 Å². The van der Waals surface area contributed by atoms with Gasteiger partial charge in [-0.3, -0.25) is 14.4 Å². The van der Waals surface area contributed by atoms with Crippen LogP contribution in [0.25, 0.3) is 0 Å². The molecule has 0 aromatic heterocycles. The zero-order valence-electron chi connectivity index (χ0n) is 50.9. The number of cyclic esters (lactones) is 1. The number of piperidine rings is 1. The van der Waals surface area contributed by atoms with Crippen LogP contribution in [0.15, 0.2) is 47.6 Å². The zero-order valence-corrected chi connectivity index (χ0v) is 50.9. The molecule has 82 heavy (non-hydrogen) atoms. The number of hydrogen-bond donors (Lipinski definition) is 4. The fraction of sp³-hybridized carbons (Fsp3) is 0.787. The van der Waals surface area contributed by atoms with E-state index in [0.717, 1.165) is 5.57 Å². The van der Waals surface area contributed by atoms with Crippen LogP contribution in [0.2, 0.25) is 0 Å². The van der Waals surface area contributed by atoms with E-state index in [-0.39, 0.29) is 50.2 Å². The Morgan fingerprint density at radius 3 is 2.11 bits per heavy atom. The molecule has 0 aromatic carbocycles. The highest BCUT2D eigenvalue weighted by Gasteiger charge is 2.53. The third-order valence-electron chi connectivity index (χ3n) is 16.6. The summed E-state index contributed by atoms with van der Waals surface area (Å²) in [5.41, 5.74) is 8.49. The number of Topliss-reactive ketones (excluding diaryl/α,β-unsaturated/α-hetero) is 2. The number of nitrogens with two attached hydrogens (primary N) is 1. The molecule has 16 atom stereocenters. The zero-order chi connectivity index (χ0) is 60.4. The van der Waals surface area contributed by atoms with E-state index in [2.05, 4.69) is 5.32 Å². The van der Waals surface area contributed by atoms with Gasteiger partial charge in [0.15, 0.2) is 5.78 Å². The van der Waals surface area contributed by atoms with Crippen LogP contribution in [-0.4, -0.2) is 206 Å². The molecule has 3 aliphatic heterocycles. The maximum absolute atomic E-state index is 14.7. The van der Waals surface area contributed by atoms with E-state index in [1.165, 1.54) is 19.1 Å². The van der Waals surface area contributed by atoms with Crippen LogP contribution >= 0.6 is 0 Å². The standard InChI is InChI=1S/C61H101N3O18/c1-39-17-13-12-14-18-40(2)50(73-8)37-46-22-20-44(6)61(71,82-46)57(67)58(68)64-25-16-15-19-48(64)59(69)80-52(38-51(74-9)41(3)34-43(5)55(66)56(76-11)54(65)42(4)33-39)47(62)35-45-21-23-49(53(36-45)75-10)81-60(70)63-24-26-77-29-30-79-32-31-78-28-27-72-7/h12-14,17-18,34,39,41-42,44-53,55-56,66,71H,15-16,19-33,35-38,62H2,1-11H3,(H,63,70)/b14-12+,17-13+,40-18+,43-34+/t39-,41-,42-,44-,45+,46+,47-,48+,49-,50+,51-,52+,53-,55-,56+,61-/m1/s1. The Bertz CT molecular complexity index is 2090. The molecular weight excluding hydrogens is 1060 g/mol.